The fourth-order valence-corrected chi connectivity index (χ4v) is 2.35. The van der Waals surface area contributed by atoms with Crippen LogP contribution in [0, 0.1) is 0 Å². The molecule has 2 rings (SSSR count). The second-order valence-corrected chi connectivity index (χ2v) is 4.73. The van der Waals surface area contributed by atoms with Gasteiger partial charge in [0.15, 0.2) is 0 Å². The van der Waals surface area contributed by atoms with Crippen LogP contribution >= 0.6 is 0 Å². The van der Waals surface area contributed by atoms with Crippen LogP contribution in [0.25, 0.3) is 0 Å². The maximum Gasteiger partial charge on any atom is 0.127 e. The van der Waals surface area contributed by atoms with Gasteiger partial charge in [-0.1, -0.05) is 18.2 Å². The molecular weight excluding hydrogens is 205 g/mol. The number of alkyl halides is 1. The summed E-state index contributed by atoms with van der Waals surface area (Å²) in [5.74, 6) is 0.185. The average molecular weight is 223 g/mol. The Kier molecular flexibility index (Phi) is 3.15. The molecule has 2 N–H and O–H groups in total. The molecule has 1 heterocycles. The molecule has 1 aromatic carbocycles. The Labute approximate surface area is 95.5 Å². The van der Waals surface area contributed by atoms with Gasteiger partial charge in [-0.05, 0) is 37.9 Å². The van der Waals surface area contributed by atoms with Crippen LogP contribution in [0.4, 0.5) is 4.39 Å². The zero-order chi connectivity index (χ0) is 11.6. The largest absolute Gasteiger partial charge is 0.508 e. The average Bonchev–Trinajstić information content (AvgIpc) is 2.75. The Balaban J connectivity index is 2.10. The van der Waals surface area contributed by atoms with Gasteiger partial charge in [0.05, 0.1) is 0 Å². The van der Waals surface area contributed by atoms with Crippen LogP contribution in [0.5, 0.6) is 5.75 Å². The second kappa shape index (κ2) is 4.42. The molecule has 1 aromatic rings. The lowest BCUT2D eigenvalue weighted by Gasteiger charge is -2.27. The van der Waals surface area contributed by atoms with Crippen LogP contribution in [0.15, 0.2) is 24.3 Å². The molecule has 1 fully saturated rings. The van der Waals surface area contributed by atoms with Gasteiger partial charge < -0.3 is 10.4 Å². The molecule has 1 saturated heterocycles. The van der Waals surface area contributed by atoms with E-state index in [2.05, 4.69) is 5.32 Å². The minimum Gasteiger partial charge on any atom is -0.508 e. The first kappa shape index (κ1) is 11.4. The molecule has 3 heteroatoms. The van der Waals surface area contributed by atoms with Gasteiger partial charge in [-0.3, -0.25) is 0 Å². The summed E-state index contributed by atoms with van der Waals surface area (Å²) in [5, 5.41) is 12.8. The predicted octanol–water partition coefficient (Wildman–Crippen LogP) is 2.41. The highest BCUT2D eigenvalue weighted by Crippen LogP contribution is 2.30. The smallest absolute Gasteiger partial charge is 0.127 e. The molecule has 0 bridgehead atoms. The van der Waals surface area contributed by atoms with Crippen molar-refractivity contribution >= 4 is 0 Å². The summed E-state index contributed by atoms with van der Waals surface area (Å²) in [6, 6.07) is 6.87. The van der Waals surface area contributed by atoms with Crippen LogP contribution in [0.3, 0.4) is 0 Å². The SMILES string of the molecule is CC(F)(Cc1ccccc1O)C1CCCN1. The van der Waals surface area contributed by atoms with Crippen molar-refractivity contribution in [1.82, 2.24) is 5.32 Å². The van der Waals surface area contributed by atoms with E-state index in [1.165, 1.54) is 0 Å². The molecule has 88 valence electrons. The van der Waals surface area contributed by atoms with Crippen molar-refractivity contribution in [2.24, 2.45) is 0 Å². The molecule has 0 saturated carbocycles. The van der Waals surface area contributed by atoms with Crippen molar-refractivity contribution in [3.05, 3.63) is 29.8 Å². The van der Waals surface area contributed by atoms with E-state index < -0.39 is 5.67 Å². The maximum absolute atomic E-state index is 14.5. The van der Waals surface area contributed by atoms with Crippen molar-refractivity contribution in [3.63, 3.8) is 0 Å². The monoisotopic (exact) mass is 223 g/mol. The van der Waals surface area contributed by atoms with E-state index in [1.807, 2.05) is 6.07 Å². The summed E-state index contributed by atoms with van der Waals surface area (Å²) < 4.78 is 14.5. The number of phenolic OH excluding ortho intramolecular Hbond substituents is 1. The number of hydrogen-bond donors (Lipinski definition) is 2. The van der Waals surface area contributed by atoms with E-state index in [0.717, 1.165) is 19.4 Å². The highest BCUT2D eigenvalue weighted by Gasteiger charge is 2.36. The quantitative estimate of drug-likeness (QED) is 0.824. The number of hydrogen-bond acceptors (Lipinski definition) is 2. The van der Waals surface area contributed by atoms with E-state index in [-0.39, 0.29) is 18.2 Å². The first-order chi connectivity index (χ1) is 7.59. The molecule has 2 nitrogen and oxygen atoms in total. The molecular formula is C13H18FNO. The number of phenols is 1. The minimum absolute atomic E-state index is 0.0906. The third kappa shape index (κ3) is 2.35. The van der Waals surface area contributed by atoms with Gasteiger partial charge in [-0.2, -0.15) is 0 Å². The Morgan fingerprint density at radius 1 is 1.50 bits per heavy atom. The lowest BCUT2D eigenvalue weighted by Crippen LogP contribution is -2.43. The molecule has 0 amide bonds. The van der Waals surface area contributed by atoms with Crippen LogP contribution < -0.4 is 5.32 Å². The molecule has 2 atom stereocenters. The van der Waals surface area contributed by atoms with Crippen molar-refractivity contribution < 1.29 is 9.50 Å². The molecule has 0 aliphatic carbocycles. The fourth-order valence-electron chi connectivity index (χ4n) is 2.35. The molecule has 0 aromatic heterocycles. The number of rotatable bonds is 3. The maximum atomic E-state index is 14.5. The number of nitrogens with one attached hydrogen (secondary N) is 1. The Hall–Kier alpha value is -1.09. The topological polar surface area (TPSA) is 32.3 Å². The normalized spacial score (nSPS) is 24.2. The zero-order valence-electron chi connectivity index (χ0n) is 9.54. The first-order valence-corrected chi connectivity index (χ1v) is 5.79. The Morgan fingerprint density at radius 3 is 2.88 bits per heavy atom. The lowest BCUT2D eigenvalue weighted by molar-refractivity contribution is 0.136. The predicted molar refractivity (Wildman–Crippen MR) is 62.3 cm³/mol. The molecule has 0 radical (unpaired) electrons. The molecule has 16 heavy (non-hydrogen) atoms. The summed E-state index contributed by atoms with van der Waals surface area (Å²) in [6.45, 7) is 2.51. The van der Waals surface area contributed by atoms with Crippen molar-refractivity contribution in [1.29, 1.82) is 0 Å². The minimum atomic E-state index is -1.30. The standard InChI is InChI=1S/C13H18FNO/c1-13(14,12-7-4-8-15-12)9-10-5-2-3-6-11(10)16/h2-3,5-6,12,15-16H,4,7-9H2,1H3. The summed E-state index contributed by atoms with van der Waals surface area (Å²) >= 11 is 0. The van der Waals surface area contributed by atoms with Crippen LogP contribution in [-0.2, 0) is 6.42 Å². The van der Waals surface area contributed by atoms with Gasteiger partial charge in [0.25, 0.3) is 0 Å². The van der Waals surface area contributed by atoms with E-state index in [9.17, 15) is 9.50 Å². The highest BCUT2D eigenvalue weighted by atomic mass is 19.1. The van der Waals surface area contributed by atoms with Gasteiger partial charge in [0, 0.05) is 12.5 Å². The third-order valence-corrected chi connectivity index (χ3v) is 3.31. The third-order valence-electron chi connectivity index (χ3n) is 3.31. The summed E-state index contributed by atoms with van der Waals surface area (Å²) in [6.07, 6.45) is 2.17. The summed E-state index contributed by atoms with van der Waals surface area (Å²) in [7, 11) is 0. The molecule has 1 aliphatic rings. The van der Waals surface area contributed by atoms with Gasteiger partial charge in [-0.25, -0.2) is 4.39 Å². The van der Waals surface area contributed by atoms with Crippen molar-refractivity contribution in [2.75, 3.05) is 6.54 Å². The Bertz CT molecular complexity index is 359. The van der Waals surface area contributed by atoms with Gasteiger partial charge in [0.2, 0.25) is 0 Å². The van der Waals surface area contributed by atoms with E-state index >= 15 is 0 Å². The number of halogens is 1. The lowest BCUT2D eigenvalue weighted by atomic mass is 9.89. The molecule has 0 spiro atoms. The second-order valence-electron chi connectivity index (χ2n) is 4.73. The number of aromatic hydroxyl groups is 1. The van der Waals surface area contributed by atoms with Crippen molar-refractivity contribution in [2.45, 2.75) is 37.9 Å². The Morgan fingerprint density at radius 2 is 2.25 bits per heavy atom. The van der Waals surface area contributed by atoms with Gasteiger partial charge >= 0.3 is 0 Å². The van der Waals surface area contributed by atoms with E-state index in [4.69, 9.17) is 0 Å². The van der Waals surface area contributed by atoms with Gasteiger partial charge in [0.1, 0.15) is 11.4 Å². The van der Waals surface area contributed by atoms with Gasteiger partial charge in [-0.15, -0.1) is 0 Å². The van der Waals surface area contributed by atoms with E-state index in [1.54, 1.807) is 25.1 Å². The number of para-hydroxylation sites is 1. The zero-order valence-corrected chi connectivity index (χ0v) is 9.54. The fraction of sp³-hybridized carbons (Fsp3) is 0.538. The number of benzene rings is 1. The first-order valence-electron chi connectivity index (χ1n) is 5.79. The van der Waals surface area contributed by atoms with Crippen molar-refractivity contribution in [3.8, 4) is 5.75 Å². The van der Waals surface area contributed by atoms with Crippen LogP contribution in [-0.4, -0.2) is 23.4 Å². The summed E-state index contributed by atoms with van der Waals surface area (Å²) in [4.78, 5) is 0. The van der Waals surface area contributed by atoms with E-state index in [0.29, 0.717) is 5.56 Å². The van der Waals surface area contributed by atoms with Crippen LogP contribution in [0.2, 0.25) is 0 Å². The summed E-state index contributed by atoms with van der Waals surface area (Å²) in [5.41, 5.74) is -0.615. The molecule has 1 aliphatic heterocycles. The molecule has 2 unspecified atom stereocenters. The highest BCUT2D eigenvalue weighted by molar-refractivity contribution is 5.33. The van der Waals surface area contributed by atoms with Crippen LogP contribution in [0.1, 0.15) is 25.3 Å².